The Kier molecular flexibility index (Phi) is 2.54. The number of hydrogen-bond donors (Lipinski definition) is 0. The van der Waals surface area contributed by atoms with Gasteiger partial charge in [0.05, 0.1) is 22.8 Å². The highest BCUT2D eigenvalue weighted by molar-refractivity contribution is 5.79. The normalized spacial score (nSPS) is 10.3. The van der Waals surface area contributed by atoms with Crippen molar-refractivity contribution in [3.05, 3.63) is 53.6 Å². The molecule has 0 saturated heterocycles. The highest BCUT2D eigenvalue weighted by Gasteiger charge is 2.08. The number of carbonyl (C=O) groups is 1. The molecular formula is C14H8N4O. The Balaban J connectivity index is 2.27. The number of fused-ring (bicyclic) bond motifs is 1. The summed E-state index contributed by atoms with van der Waals surface area (Å²) in [7, 11) is 0. The van der Waals surface area contributed by atoms with E-state index in [2.05, 4.69) is 10.3 Å². The lowest BCUT2D eigenvalue weighted by Gasteiger charge is -2.03. The minimum atomic E-state index is 0.416. The molecule has 0 aliphatic heterocycles. The molecule has 19 heavy (non-hydrogen) atoms. The van der Waals surface area contributed by atoms with Crippen LogP contribution in [0.15, 0.2) is 42.5 Å². The number of rotatable bonds is 2. The molecule has 0 amide bonds. The van der Waals surface area contributed by atoms with Gasteiger partial charge in [0.25, 0.3) is 0 Å². The fourth-order valence-electron chi connectivity index (χ4n) is 1.95. The summed E-state index contributed by atoms with van der Waals surface area (Å²) in [5, 5.41) is 17.1. The maximum Gasteiger partial charge on any atom is 0.150 e. The quantitative estimate of drug-likeness (QED) is 0.651. The standard InChI is InChI=1S/C14H8N4O/c15-8-10-5-11(9-19)7-12(6-10)18-14-4-2-1-3-13(14)16-17-18/h1-7,9H. The topological polar surface area (TPSA) is 71.6 Å². The number of nitriles is 1. The molecule has 1 heterocycles. The van der Waals surface area contributed by atoms with E-state index in [9.17, 15) is 4.79 Å². The summed E-state index contributed by atoms with van der Waals surface area (Å²) >= 11 is 0. The monoisotopic (exact) mass is 248 g/mol. The molecule has 0 radical (unpaired) electrons. The van der Waals surface area contributed by atoms with Gasteiger partial charge in [-0.05, 0) is 30.3 Å². The molecule has 2 aromatic carbocycles. The van der Waals surface area contributed by atoms with Crippen molar-refractivity contribution in [2.45, 2.75) is 0 Å². The maximum absolute atomic E-state index is 10.9. The maximum atomic E-state index is 10.9. The fraction of sp³-hybridized carbons (Fsp3) is 0. The summed E-state index contributed by atoms with van der Waals surface area (Å²) in [5.74, 6) is 0. The average Bonchev–Trinajstić information content (AvgIpc) is 2.90. The van der Waals surface area contributed by atoms with Crippen LogP contribution in [0.3, 0.4) is 0 Å². The van der Waals surface area contributed by atoms with Crippen LogP contribution < -0.4 is 0 Å². The highest BCUT2D eigenvalue weighted by Crippen LogP contribution is 2.18. The van der Waals surface area contributed by atoms with Gasteiger partial charge in [0, 0.05) is 5.56 Å². The highest BCUT2D eigenvalue weighted by atomic mass is 16.1. The van der Waals surface area contributed by atoms with Crippen LogP contribution in [0.4, 0.5) is 0 Å². The van der Waals surface area contributed by atoms with Crippen molar-refractivity contribution in [2.24, 2.45) is 0 Å². The van der Waals surface area contributed by atoms with Gasteiger partial charge in [0.15, 0.2) is 0 Å². The zero-order valence-electron chi connectivity index (χ0n) is 9.82. The number of nitrogens with zero attached hydrogens (tertiary/aromatic N) is 4. The van der Waals surface area contributed by atoms with Crippen molar-refractivity contribution in [1.82, 2.24) is 15.0 Å². The number of aromatic nitrogens is 3. The minimum Gasteiger partial charge on any atom is -0.298 e. The first-order valence-corrected chi connectivity index (χ1v) is 5.63. The van der Waals surface area contributed by atoms with E-state index < -0.39 is 0 Å². The molecule has 0 unspecified atom stereocenters. The summed E-state index contributed by atoms with van der Waals surface area (Å²) < 4.78 is 1.61. The molecule has 3 aromatic rings. The molecule has 3 rings (SSSR count). The molecule has 0 aliphatic rings. The van der Waals surface area contributed by atoms with E-state index >= 15 is 0 Å². The molecule has 0 fully saturated rings. The van der Waals surface area contributed by atoms with Crippen LogP contribution in [0.2, 0.25) is 0 Å². The first kappa shape index (κ1) is 11.1. The Morgan fingerprint density at radius 1 is 1.21 bits per heavy atom. The third-order valence-electron chi connectivity index (χ3n) is 2.80. The molecule has 0 atom stereocenters. The van der Waals surface area contributed by atoms with Crippen LogP contribution in [0.25, 0.3) is 16.7 Å². The summed E-state index contributed by atoms with van der Waals surface area (Å²) in [5.41, 5.74) is 3.09. The van der Waals surface area contributed by atoms with Crippen molar-refractivity contribution in [3.8, 4) is 11.8 Å². The Morgan fingerprint density at radius 3 is 2.84 bits per heavy atom. The molecule has 5 nitrogen and oxygen atoms in total. The Morgan fingerprint density at radius 2 is 2.05 bits per heavy atom. The molecule has 5 heteroatoms. The van der Waals surface area contributed by atoms with Gasteiger partial charge >= 0.3 is 0 Å². The van der Waals surface area contributed by atoms with Crippen molar-refractivity contribution < 1.29 is 4.79 Å². The molecule has 0 spiro atoms. The number of benzene rings is 2. The predicted octanol–water partition coefficient (Wildman–Crippen LogP) is 2.10. The number of hydrogen-bond acceptors (Lipinski definition) is 4. The second-order valence-electron chi connectivity index (χ2n) is 4.03. The van der Waals surface area contributed by atoms with Gasteiger partial charge in [0.2, 0.25) is 0 Å². The van der Waals surface area contributed by atoms with Gasteiger partial charge in [-0.1, -0.05) is 17.3 Å². The van der Waals surface area contributed by atoms with Crippen LogP contribution in [-0.2, 0) is 0 Å². The summed E-state index contributed by atoms with van der Waals surface area (Å²) in [6, 6.07) is 14.4. The van der Waals surface area contributed by atoms with Crippen molar-refractivity contribution >= 4 is 17.3 Å². The first-order chi connectivity index (χ1) is 9.31. The second kappa shape index (κ2) is 4.35. The van der Waals surface area contributed by atoms with E-state index in [1.54, 1.807) is 16.8 Å². The van der Waals surface area contributed by atoms with Gasteiger partial charge in [0.1, 0.15) is 11.8 Å². The third kappa shape index (κ3) is 1.85. The molecule has 0 saturated carbocycles. The molecule has 0 aliphatic carbocycles. The fourth-order valence-corrected chi connectivity index (χ4v) is 1.95. The summed E-state index contributed by atoms with van der Waals surface area (Å²) in [6.45, 7) is 0. The van der Waals surface area contributed by atoms with Crippen LogP contribution in [0.5, 0.6) is 0 Å². The number of para-hydroxylation sites is 1. The lowest BCUT2D eigenvalue weighted by molar-refractivity contribution is 0.112. The van der Waals surface area contributed by atoms with E-state index in [0.717, 1.165) is 11.0 Å². The number of aldehydes is 1. The molecular weight excluding hydrogens is 240 g/mol. The van der Waals surface area contributed by atoms with Gasteiger partial charge in [-0.25, -0.2) is 4.68 Å². The SMILES string of the molecule is N#Cc1cc(C=O)cc(-n2nnc3ccccc32)c1. The van der Waals surface area contributed by atoms with Crippen LogP contribution in [0.1, 0.15) is 15.9 Å². The molecule has 90 valence electrons. The largest absolute Gasteiger partial charge is 0.298 e. The molecule has 1 aromatic heterocycles. The van der Waals surface area contributed by atoms with E-state index in [1.165, 1.54) is 6.07 Å². The van der Waals surface area contributed by atoms with Crippen LogP contribution in [-0.4, -0.2) is 21.3 Å². The van der Waals surface area contributed by atoms with Crippen LogP contribution >= 0.6 is 0 Å². The van der Waals surface area contributed by atoms with E-state index in [4.69, 9.17) is 5.26 Å². The van der Waals surface area contributed by atoms with Crippen LogP contribution in [0, 0.1) is 11.3 Å². The number of carbonyl (C=O) groups excluding carboxylic acids is 1. The van der Waals surface area contributed by atoms with Gasteiger partial charge in [-0.15, -0.1) is 5.10 Å². The van der Waals surface area contributed by atoms with Gasteiger partial charge in [-0.2, -0.15) is 5.26 Å². The molecule has 0 bridgehead atoms. The van der Waals surface area contributed by atoms with Gasteiger partial charge in [-0.3, -0.25) is 4.79 Å². The van der Waals surface area contributed by atoms with Crippen molar-refractivity contribution in [1.29, 1.82) is 5.26 Å². The Bertz CT molecular complexity index is 814. The lowest BCUT2D eigenvalue weighted by Crippen LogP contribution is -1.98. The van der Waals surface area contributed by atoms with Gasteiger partial charge < -0.3 is 0 Å². The zero-order valence-corrected chi connectivity index (χ0v) is 9.82. The van der Waals surface area contributed by atoms with Crippen molar-refractivity contribution in [3.63, 3.8) is 0 Å². The molecule has 0 N–H and O–H groups in total. The minimum absolute atomic E-state index is 0.416. The summed E-state index contributed by atoms with van der Waals surface area (Å²) in [4.78, 5) is 10.9. The smallest absolute Gasteiger partial charge is 0.150 e. The first-order valence-electron chi connectivity index (χ1n) is 5.63. The zero-order chi connectivity index (χ0) is 13.2. The summed E-state index contributed by atoms with van der Waals surface area (Å²) in [6.07, 6.45) is 0.712. The second-order valence-corrected chi connectivity index (χ2v) is 4.03. The Labute approximate surface area is 108 Å². The van der Waals surface area contributed by atoms with E-state index in [1.807, 2.05) is 30.3 Å². The third-order valence-corrected chi connectivity index (χ3v) is 2.80. The van der Waals surface area contributed by atoms with E-state index in [0.29, 0.717) is 23.1 Å². The van der Waals surface area contributed by atoms with E-state index in [-0.39, 0.29) is 0 Å². The lowest BCUT2D eigenvalue weighted by atomic mass is 10.1. The Hall–Kier alpha value is -3.00. The van der Waals surface area contributed by atoms with Crippen molar-refractivity contribution in [2.75, 3.05) is 0 Å². The predicted molar refractivity (Wildman–Crippen MR) is 69.0 cm³/mol. The average molecular weight is 248 g/mol.